The number of fused-ring (bicyclic) bond motifs is 1. The van der Waals surface area contributed by atoms with E-state index >= 15 is 0 Å². The molecule has 0 aromatic carbocycles. The van der Waals surface area contributed by atoms with Gasteiger partial charge in [-0.25, -0.2) is 4.98 Å². The van der Waals surface area contributed by atoms with Crippen molar-refractivity contribution in [1.29, 1.82) is 0 Å². The van der Waals surface area contributed by atoms with Crippen LogP contribution >= 0.6 is 11.3 Å². The minimum Gasteiger partial charge on any atom is -0.462 e. The van der Waals surface area contributed by atoms with Crippen LogP contribution in [0.5, 0.6) is 0 Å². The molecule has 114 valence electrons. The van der Waals surface area contributed by atoms with Crippen LogP contribution in [0, 0.1) is 12.3 Å². The summed E-state index contributed by atoms with van der Waals surface area (Å²) in [6.45, 7) is 10.0. The second kappa shape index (κ2) is 5.58. The summed E-state index contributed by atoms with van der Waals surface area (Å²) in [5.74, 6) is 0.932. The van der Waals surface area contributed by atoms with Crippen LogP contribution in [0.15, 0.2) is 16.7 Å². The molecule has 2 heterocycles. The molecule has 1 atom stereocenters. The highest BCUT2D eigenvalue weighted by atomic mass is 32.1. The Morgan fingerprint density at radius 2 is 2.29 bits per heavy atom. The van der Waals surface area contributed by atoms with Gasteiger partial charge >= 0.3 is 0 Å². The summed E-state index contributed by atoms with van der Waals surface area (Å²) < 4.78 is 5.62. The summed E-state index contributed by atoms with van der Waals surface area (Å²) in [6, 6.07) is 2.44. The van der Waals surface area contributed by atoms with Gasteiger partial charge in [-0.15, -0.1) is 11.3 Å². The molecule has 2 aromatic heterocycles. The highest BCUT2D eigenvalue weighted by molar-refractivity contribution is 7.15. The molecule has 1 N–H and O–H groups in total. The largest absolute Gasteiger partial charge is 0.462 e. The van der Waals surface area contributed by atoms with E-state index in [4.69, 9.17) is 9.40 Å². The summed E-state index contributed by atoms with van der Waals surface area (Å²) in [6.07, 6.45) is 5.15. The lowest BCUT2D eigenvalue weighted by Crippen LogP contribution is -2.33. The molecular weight excluding hydrogens is 280 g/mol. The predicted molar refractivity (Wildman–Crippen MR) is 87.7 cm³/mol. The smallest absolute Gasteiger partial charge is 0.165 e. The molecule has 0 radical (unpaired) electrons. The average Bonchev–Trinajstić information content (AvgIpc) is 3.00. The van der Waals surface area contributed by atoms with Crippen molar-refractivity contribution in [2.45, 2.75) is 53.0 Å². The fourth-order valence-electron chi connectivity index (χ4n) is 3.11. The van der Waals surface area contributed by atoms with Gasteiger partial charge in [-0.05, 0) is 49.8 Å². The number of furan rings is 1. The Bertz CT molecular complexity index is 627. The number of aryl methyl sites for hydroxylation is 1. The Labute approximate surface area is 130 Å². The quantitative estimate of drug-likeness (QED) is 0.887. The molecule has 0 bridgehead atoms. The minimum absolute atomic E-state index is 0.308. The second-order valence-electron chi connectivity index (χ2n) is 6.81. The van der Waals surface area contributed by atoms with E-state index in [1.807, 2.05) is 6.07 Å². The first-order valence-corrected chi connectivity index (χ1v) is 8.59. The fraction of sp³-hybridized carbons (Fsp3) is 0.588. The van der Waals surface area contributed by atoms with Crippen molar-refractivity contribution in [3.8, 4) is 10.8 Å². The van der Waals surface area contributed by atoms with E-state index in [0.717, 1.165) is 30.2 Å². The maximum Gasteiger partial charge on any atom is 0.165 e. The van der Waals surface area contributed by atoms with Crippen molar-refractivity contribution in [3.63, 3.8) is 0 Å². The third-order valence-electron chi connectivity index (χ3n) is 4.14. The number of thiazole rings is 1. The van der Waals surface area contributed by atoms with Crippen LogP contribution in [0.3, 0.4) is 0 Å². The molecule has 0 spiro atoms. The number of hydrogen-bond acceptors (Lipinski definition) is 4. The number of nitrogens with one attached hydrogen (secondary N) is 1. The van der Waals surface area contributed by atoms with Gasteiger partial charge in [0.25, 0.3) is 0 Å². The molecule has 0 saturated carbocycles. The van der Waals surface area contributed by atoms with E-state index < -0.39 is 0 Å². The summed E-state index contributed by atoms with van der Waals surface area (Å²) in [5, 5.41) is 4.73. The van der Waals surface area contributed by atoms with Gasteiger partial charge in [0.05, 0.1) is 12.0 Å². The van der Waals surface area contributed by atoms with Gasteiger partial charge in [-0.3, -0.25) is 0 Å². The average molecular weight is 304 g/mol. The van der Waals surface area contributed by atoms with Crippen LogP contribution in [0.25, 0.3) is 10.8 Å². The van der Waals surface area contributed by atoms with Crippen molar-refractivity contribution in [3.05, 3.63) is 28.5 Å². The fourth-order valence-corrected chi connectivity index (χ4v) is 4.32. The Balaban J connectivity index is 1.97. The van der Waals surface area contributed by atoms with Gasteiger partial charge in [0.1, 0.15) is 0 Å². The van der Waals surface area contributed by atoms with Crippen LogP contribution in [0.2, 0.25) is 0 Å². The Morgan fingerprint density at radius 1 is 1.48 bits per heavy atom. The van der Waals surface area contributed by atoms with E-state index in [0.29, 0.717) is 11.5 Å². The first kappa shape index (κ1) is 14.8. The van der Waals surface area contributed by atoms with Crippen molar-refractivity contribution in [2.75, 3.05) is 6.54 Å². The van der Waals surface area contributed by atoms with Crippen LogP contribution in [-0.2, 0) is 6.42 Å². The molecule has 3 nitrogen and oxygen atoms in total. The summed E-state index contributed by atoms with van der Waals surface area (Å²) in [7, 11) is 0. The maximum atomic E-state index is 5.62. The van der Waals surface area contributed by atoms with E-state index in [-0.39, 0.29) is 0 Å². The molecule has 2 aromatic rings. The zero-order valence-electron chi connectivity index (χ0n) is 13.3. The van der Waals surface area contributed by atoms with Crippen LogP contribution in [-0.4, -0.2) is 11.5 Å². The third-order valence-corrected chi connectivity index (χ3v) is 5.35. The number of nitrogens with zero attached hydrogens (tertiary/aromatic N) is 1. The topological polar surface area (TPSA) is 38.1 Å². The van der Waals surface area contributed by atoms with Crippen molar-refractivity contribution in [1.82, 2.24) is 10.3 Å². The SMILES string of the molecule is CCCNC1CC(C)(C)Cc2nc(-c3occc3C)sc21. The standard InChI is InChI=1S/C17H24N2OS/c1-5-7-18-12-9-17(3,4)10-13-15(12)21-16(19-13)14-11(2)6-8-20-14/h6,8,12,18H,5,7,9-10H2,1-4H3. The molecule has 0 aliphatic heterocycles. The molecule has 0 saturated heterocycles. The van der Waals surface area contributed by atoms with E-state index in [9.17, 15) is 0 Å². The lowest BCUT2D eigenvalue weighted by molar-refractivity contribution is 0.258. The van der Waals surface area contributed by atoms with Gasteiger partial charge in [0.15, 0.2) is 10.8 Å². The maximum absolute atomic E-state index is 5.62. The zero-order valence-corrected chi connectivity index (χ0v) is 14.1. The van der Waals surface area contributed by atoms with E-state index in [2.05, 4.69) is 33.0 Å². The van der Waals surface area contributed by atoms with E-state index in [1.54, 1.807) is 17.6 Å². The van der Waals surface area contributed by atoms with Crippen molar-refractivity contribution >= 4 is 11.3 Å². The van der Waals surface area contributed by atoms with Gasteiger partial charge in [-0.2, -0.15) is 0 Å². The number of rotatable bonds is 4. The zero-order chi connectivity index (χ0) is 15.0. The number of hydrogen-bond donors (Lipinski definition) is 1. The molecular formula is C17H24N2OS. The minimum atomic E-state index is 0.308. The molecule has 1 aliphatic rings. The molecule has 1 aliphatic carbocycles. The molecule has 0 amide bonds. The van der Waals surface area contributed by atoms with Gasteiger partial charge < -0.3 is 9.73 Å². The van der Waals surface area contributed by atoms with Crippen LogP contribution in [0.4, 0.5) is 0 Å². The van der Waals surface area contributed by atoms with Crippen LogP contribution in [0.1, 0.15) is 55.8 Å². The number of aromatic nitrogens is 1. The highest BCUT2D eigenvalue weighted by Gasteiger charge is 2.35. The third kappa shape index (κ3) is 2.92. The Hall–Kier alpha value is -1.13. The first-order valence-electron chi connectivity index (χ1n) is 7.77. The summed E-state index contributed by atoms with van der Waals surface area (Å²) >= 11 is 1.80. The van der Waals surface area contributed by atoms with Crippen LogP contribution < -0.4 is 5.32 Å². The summed E-state index contributed by atoms with van der Waals surface area (Å²) in [5.41, 5.74) is 2.73. The molecule has 0 fully saturated rings. The Morgan fingerprint density at radius 3 is 2.95 bits per heavy atom. The summed E-state index contributed by atoms with van der Waals surface area (Å²) in [4.78, 5) is 6.30. The van der Waals surface area contributed by atoms with Gasteiger partial charge in [-0.1, -0.05) is 20.8 Å². The molecule has 4 heteroatoms. The first-order chi connectivity index (χ1) is 10.00. The lowest BCUT2D eigenvalue weighted by Gasteiger charge is -2.34. The van der Waals surface area contributed by atoms with Crippen molar-refractivity contribution < 1.29 is 4.42 Å². The predicted octanol–water partition coefficient (Wildman–Crippen LogP) is 4.72. The van der Waals surface area contributed by atoms with E-state index in [1.165, 1.54) is 22.6 Å². The van der Waals surface area contributed by atoms with Gasteiger partial charge in [0, 0.05) is 10.9 Å². The lowest BCUT2D eigenvalue weighted by atomic mass is 9.76. The van der Waals surface area contributed by atoms with Gasteiger partial charge in [0.2, 0.25) is 0 Å². The molecule has 21 heavy (non-hydrogen) atoms. The monoisotopic (exact) mass is 304 g/mol. The van der Waals surface area contributed by atoms with Crippen molar-refractivity contribution in [2.24, 2.45) is 5.41 Å². The molecule has 1 unspecified atom stereocenters. The molecule has 3 rings (SSSR count). The second-order valence-corrected chi connectivity index (χ2v) is 7.85. The highest BCUT2D eigenvalue weighted by Crippen LogP contribution is 2.45. The normalized spacial score (nSPS) is 20.5. The Kier molecular flexibility index (Phi) is 3.93.